The van der Waals surface area contributed by atoms with E-state index in [0.717, 1.165) is 44.5 Å². The molecule has 1 rings (SSSR count). The minimum absolute atomic E-state index is 0. The van der Waals surface area contributed by atoms with Gasteiger partial charge >= 0.3 is 0 Å². The second-order valence-corrected chi connectivity index (χ2v) is 5.94. The van der Waals surface area contributed by atoms with Crippen LogP contribution in [0.25, 0.3) is 0 Å². The highest BCUT2D eigenvalue weighted by molar-refractivity contribution is 14.0. The molecule has 23 heavy (non-hydrogen) atoms. The Labute approximate surface area is 159 Å². The lowest BCUT2D eigenvalue weighted by Crippen LogP contribution is -2.38. The average Bonchev–Trinajstić information content (AvgIpc) is 2.55. The number of methoxy groups -OCH3 is 1. The minimum Gasteiger partial charge on any atom is -0.382 e. The Morgan fingerprint density at radius 3 is 2.57 bits per heavy atom. The van der Waals surface area contributed by atoms with Crippen LogP contribution in [0.15, 0.2) is 4.99 Å². The normalized spacial score (nSPS) is 16.0. The van der Waals surface area contributed by atoms with E-state index in [1.165, 1.54) is 38.5 Å². The topological polar surface area (TPSA) is 54.9 Å². The fourth-order valence-corrected chi connectivity index (χ4v) is 2.81. The number of guanidine groups is 1. The molecule has 0 spiro atoms. The molecule has 0 atom stereocenters. The van der Waals surface area contributed by atoms with E-state index < -0.39 is 0 Å². The summed E-state index contributed by atoms with van der Waals surface area (Å²) in [7, 11) is 1.69. The molecule has 6 heteroatoms. The van der Waals surface area contributed by atoms with Crippen LogP contribution in [0, 0.1) is 5.92 Å². The summed E-state index contributed by atoms with van der Waals surface area (Å²) >= 11 is 0. The van der Waals surface area contributed by atoms with Crippen molar-refractivity contribution in [3.8, 4) is 0 Å². The SMILES string of the molecule is CCNC(=NCCCOCCOC)NCCC1CCCCC1.I. The number of nitrogens with one attached hydrogen (secondary N) is 2. The molecule has 0 radical (unpaired) electrons. The van der Waals surface area contributed by atoms with Gasteiger partial charge in [0.25, 0.3) is 0 Å². The molecule has 138 valence electrons. The average molecular weight is 441 g/mol. The summed E-state index contributed by atoms with van der Waals surface area (Å²) in [4.78, 5) is 4.60. The van der Waals surface area contributed by atoms with Crippen molar-refractivity contribution in [2.24, 2.45) is 10.9 Å². The number of hydrogen-bond acceptors (Lipinski definition) is 3. The number of rotatable bonds is 11. The summed E-state index contributed by atoms with van der Waals surface area (Å²) in [5.41, 5.74) is 0. The van der Waals surface area contributed by atoms with Crippen LogP contribution in [0.2, 0.25) is 0 Å². The molecule has 1 fully saturated rings. The molecule has 0 heterocycles. The molecular formula is C17H36IN3O2. The number of aliphatic imine (C=N–C) groups is 1. The van der Waals surface area contributed by atoms with Crippen LogP contribution in [0.5, 0.6) is 0 Å². The van der Waals surface area contributed by atoms with Crippen molar-refractivity contribution in [3.63, 3.8) is 0 Å². The van der Waals surface area contributed by atoms with Crippen molar-refractivity contribution in [2.75, 3.05) is 46.6 Å². The lowest BCUT2D eigenvalue weighted by Gasteiger charge is -2.22. The first-order valence-electron chi connectivity index (χ1n) is 8.95. The van der Waals surface area contributed by atoms with E-state index in [-0.39, 0.29) is 24.0 Å². The lowest BCUT2D eigenvalue weighted by molar-refractivity contribution is 0.0702. The van der Waals surface area contributed by atoms with Crippen LogP contribution >= 0.6 is 24.0 Å². The smallest absolute Gasteiger partial charge is 0.191 e. The van der Waals surface area contributed by atoms with Gasteiger partial charge < -0.3 is 20.1 Å². The Kier molecular flexibility index (Phi) is 16.7. The third-order valence-electron chi connectivity index (χ3n) is 4.06. The van der Waals surface area contributed by atoms with Crippen LogP contribution in [-0.4, -0.2) is 52.5 Å². The van der Waals surface area contributed by atoms with Crippen LogP contribution in [-0.2, 0) is 9.47 Å². The van der Waals surface area contributed by atoms with Crippen LogP contribution in [0.1, 0.15) is 51.9 Å². The second kappa shape index (κ2) is 16.8. The summed E-state index contributed by atoms with van der Waals surface area (Å²) in [5.74, 6) is 1.86. The molecule has 1 aliphatic carbocycles. The number of ether oxygens (including phenoxy) is 2. The molecule has 5 nitrogen and oxygen atoms in total. The standard InChI is InChI=1S/C17H35N3O2.HI/c1-3-18-17(19-11-7-13-22-15-14-21-2)20-12-10-16-8-5-4-6-9-16;/h16H,3-15H2,1-2H3,(H2,18,19,20);1H. The zero-order chi connectivity index (χ0) is 15.9. The Bertz CT molecular complexity index is 285. The third-order valence-corrected chi connectivity index (χ3v) is 4.06. The Hall–Kier alpha value is -0.0800. The summed E-state index contributed by atoms with van der Waals surface area (Å²) in [6.07, 6.45) is 9.31. The van der Waals surface area contributed by atoms with E-state index in [9.17, 15) is 0 Å². The fraction of sp³-hybridized carbons (Fsp3) is 0.941. The highest BCUT2D eigenvalue weighted by Crippen LogP contribution is 2.25. The van der Waals surface area contributed by atoms with E-state index in [4.69, 9.17) is 9.47 Å². The van der Waals surface area contributed by atoms with Gasteiger partial charge in [-0.05, 0) is 25.7 Å². The maximum atomic E-state index is 5.44. The highest BCUT2D eigenvalue weighted by Gasteiger charge is 2.12. The van der Waals surface area contributed by atoms with Crippen LogP contribution in [0.3, 0.4) is 0 Å². The summed E-state index contributed by atoms with van der Waals surface area (Å²) in [6.45, 7) is 6.90. The second-order valence-electron chi connectivity index (χ2n) is 5.94. The van der Waals surface area contributed by atoms with E-state index in [0.29, 0.717) is 13.2 Å². The molecule has 0 aromatic carbocycles. The van der Waals surface area contributed by atoms with E-state index >= 15 is 0 Å². The van der Waals surface area contributed by atoms with Gasteiger partial charge in [0.15, 0.2) is 5.96 Å². The molecule has 0 amide bonds. The highest BCUT2D eigenvalue weighted by atomic mass is 127. The first-order chi connectivity index (χ1) is 10.9. The van der Waals surface area contributed by atoms with Gasteiger partial charge in [0.2, 0.25) is 0 Å². The number of nitrogens with zero attached hydrogens (tertiary/aromatic N) is 1. The molecule has 0 aliphatic heterocycles. The van der Waals surface area contributed by atoms with Crippen molar-refractivity contribution < 1.29 is 9.47 Å². The van der Waals surface area contributed by atoms with Crippen molar-refractivity contribution >= 4 is 29.9 Å². The van der Waals surface area contributed by atoms with Crippen molar-refractivity contribution in [2.45, 2.75) is 51.9 Å². The molecule has 1 saturated carbocycles. The summed E-state index contributed by atoms with van der Waals surface area (Å²) < 4.78 is 10.4. The molecule has 2 N–H and O–H groups in total. The predicted octanol–water partition coefficient (Wildman–Crippen LogP) is 3.18. The van der Waals surface area contributed by atoms with Crippen molar-refractivity contribution in [1.82, 2.24) is 10.6 Å². The van der Waals surface area contributed by atoms with E-state index in [1.807, 2.05) is 0 Å². The maximum Gasteiger partial charge on any atom is 0.191 e. The monoisotopic (exact) mass is 441 g/mol. The first-order valence-corrected chi connectivity index (χ1v) is 8.95. The molecule has 0 saturated heterocycles. The number of hydrogen-bond donors (Lipinski definition) is 2. The van der Waals surface area contributed by atoms with Gasteiger partial charge in [-0.3, -0.25) is 4.99 Å². The maximum absolute atomic E-state index is 5.44. The lowest BCUT2D eigenvalue weighted by atomic mass is 9.87. The van der Waals surface area contributed by atoms with Gasteiger partial charge in [0.1, 0.15) is 0 Å². The van der Waals surface area contributed by atoms with Crippen molar-refractivity contribution in [3.05, 3.63) is 0 Å². The molecule has 0 bridgehead atoms. The van der Waals surface area contributed by atoms with Crippen LogP contribution < -0.4 is 10.6 Å². The Morgan fingerprint density at radius 1 is 1.09 bits per heavy atom. The molecule has 0 aromatic heterocycles. The zero-order valence-corrected chi connectivity index (χ0v) is 17.3. The van der Waals surface area contributed by atoms with E-state index in [1.54, 1.807) is 7.11 Å². The zero-order valence-electron chi connectivity index (χ0n) is 14.9. The Morgan fingerprint density at radius 2 is 1.87 bits per heavy atom. The van der Waals surface area contributed by atoms with Crippen molar-refractivity contribution in [1.29, 1.82) is 0 Å². The summed E-state index contributed by atoms with van der Waals surface area (Å²) in [6, 6.07) is 0. The minimum atomic E-state index is 0. The molecule has 1 aliphatic rings. The first kappa shape index (κ1) is 22.9. The third kappa shape index (κ3) is 12.9. The largest absolute Gasteiger partial charge is 0.382 e. The van der Waals surface area contributed by atoms with Crippen LogP contribution in [0.4, 0.5) is 0 Å². The van der Waals surface area contributed by atoms with Gasteiger partial charge in [-0.2, -0.15) is 0 Å². The predicted molar refractivity (Wildman–Crippen MR) is 108 cm³/mol. The van der Waals surface area contributed by atoms with Gasteiger partial charge in [-0.25, -0.2) is 0 Å². The van der Waals surface area contributed by atoms with Gasteiger partial charge in [0, 0.05) is 33.4 Å². The number of halogens is 1. The van der Waals surface area contributed by atoms with E-state index in [2.05, 4.69) is 22.5 Å². The van der Waals surface area contributed by atoms with Gasteiger partial charge in [-0.1, -0.05) is 32.1 Å². The van der Waals surface area contributed by atoms with Gasteiger partial charge in [-0.15, -0.1) is 24.0 Å². The summed E-state index contributed by atoms with van der Waals surface area (Å²) in [5, 5.41) is 6.77. The fourth-order valence-electron chi connectivity index (χ4n) is 2.81. The quantitative estimate of drug-likeness (QED) is 0.224. The molecular weight excluding hydrogens is 405 g/mol. The Balaban J connectivity index is 0.00000484. The molecule has 0 aromatic rings. The molecule has 0 unspecified atom stereocenters. The van der Waals surface area contributed by atoms with Gasteiger partial charge in [0.05, 0.1) is 13.2 Å².